The minimum Gasteiger partial charge on any atom is -0.353 e. The number of carbonyl (C=O) groups excluding carboxylic acids is 2. The summed E-state index contributed by atoms with van der Waals surface area (Å²) >= 11 is 0. The van der Waals surface area contributed by atoms with Crippen LogP contribution in [0.5, 0.6) is 0 Å². The van der Waals surface area contributed by atoms with Crippen molar-refractivity contribution < 1.29 is 14.0 Å². The van der Waals surface area contributed by atoms with Gasteiger partial charge in [0.2, 0.25) is 11.8 Å². The van der Waals surface area contributed by atoms with E-state index in [1.807, 2.05) is 18.7 Å². The van der Waals surface area contributed by atoms with Crippen molar-refractivity contribution in [1.82, 2.24) is 20.4 Å². The molecule has 2 heterocycles. The van der Waals surface area contributed by atoms with E-state index >= 15 is 0 Å². The van der Waals surface area contributed by atoms with E-state index in [2.05, 4.69) is 15.5 Å². The van der Waals surface area contributed by atoms with Gasteiger partial charge in [0.1, 0.15) is 5.82 Å². The Morgan fingerprint density at radius 2 is 2.00 bits per heavy atom. The zero-order valence-corrected chi connectivity index (χ0v) is 16.8. The quantitative estimate of drug-likeness (QED) is 0.706. The zero-order valence-electron chi connectivity index (χ0n) is 16.8. The summed E-state index contributed by atoms with van der Waals surface area (Å²) in [4.78, 5) is 28.8. The summed E-state index contributed by atoms with van der Waals surface area (Å²) in [6, 6.07) is 6.75. The second-order valence-corrected chi connectivity index (χ2v) is 7.66. The normalized spacial score (nSPS) is 24.7. The maximum absolute atomic E-state index is 13.0. The van der Waals surface area contributed by atoms with Crippen LogP contribution in [0.15, 0.2) is 24.3 Å². The van der Waals surface area contributed by atoms with Crippen LogP contribution in [-0.2, 0) is 16.1 Å². The Labute approximate surface area is 166 Å². The van der Waals surface area contributed by atoms with Gasteiger partial charge in [-0.1, -0.05) is 12.1 Å². The average Bonchev–Trinajstić information content (AvgIpc) is 3.13. The summed E-state index contributed by atoms with van der Waals surface area (Å²) in [5.41, 5.74) is 1.03. The van der Waals surface area contributed by atoms with Gasteiger partial charge < -0.3 is 15.5 Å². The molecule has 2 amide bonds. The van der Waals surface area contributed by atoms with Gasteiger partial charge in [-0.2, -0.15) is 0 Å². The SMILES string of the molecule is CCN(CC)C(=O)CCC1CNC(=O)C2CC(NCc3ccc(F)cc3)CN12. The van der Waals surface area contributed by atoms with Crippen LogP contribution >= 0.6 is 0 Å². The Hall–Kier alpha value is -1.99. The monoisotopic (exact) mass is 390 g/mol. The Morgan fingerprint density at radius 3 is 2.68 bits per heavy atom. The second kappa shape index (κ2) is 9.47. The van der Waals surface area contributed by atoms with Crippen LogP contribution in [0.2, 0.25) is 0 Å². The fourth-order valence-corrected chi connectivity index (χ4v) is 4.28. The van der Waals surface area contributed by atoms with Crippen LogP contribution in [0.1, 0.15) is 38.7 Å². The van der Waals surface area contributed by atoms with E-state index in [4.69, 9.17) is 0 Å². The molecule has 0 spiro atoms. The molecular formula is C21H31FN4O2. The lowest BCUT2D eigenvalue weighted by molar-refractivity contribution is -0.132. The second-order valence-electron chi connectivity index (χ2n) is 7.66. The van der Waals surface area contributed by atoms with Gasteiger partial charge in [0, 0.05) is 51.2 Å². The average molecular weight is 391 g/mol. The van der Waals surface area contributed by atoms with E-state index in [9.17, 15) is 14.0 Å². The molecule has 0 saturated carbocycles. The molecule has 0 aromatic heterocycles. The maximum Gasteiger partial charge on any atom is 0.237 e. The summed E-state index contributed by atoms with van der Waals surface area (Å²) in [5, 5.41) is 6.51. The van der Waals surface area contributed by atoms with E-state index in [1.165, 1.54) is 12.1 Å². The molecule has 7 heteroatoms. The molecule has 2 saturated heterocycles. The number of benzene rings is 1. The van der Waals surface area contributed by atoms with E-state index in [-0.39, 0.29) is 35.8 Å². The van der Waals surface area contributed by atoms with Crippen LogP contribution in [-0.4, -0.2) is 65.9 Å². The van der Waals surface area contributed by atoms with Gasteiger partial charge in [-0.05, 0) is 44.4 Å². The molecule has 6 nitrogen and oxygen atoms in total. The molecule has 2 aliphatic rings. The molecule has 1 aromatic carbocycles. The third kappa shape index (κ3) is 4.89. The minimum atomic E-state index is -0.236. The number of amides is 2. The van der Waals surface area contributed by atoms with Crippen molar-refractivity contribution >= 4 is 11.8 Å². The highest BCUT2D eigenvalue weighted by Gasteiger charge is 2.43. The highest BCUT2D eigenvalue weighted by atomic mass is 19.1. The van der Waals surface area contributed by atoms with Crippen LogP contribution in [0, 0.1) is 5.82 Å². The van der Waals surface area contributed by atoms with Gasteiger partial charge in [-0.25, -0.2) is 4.39 Å². The highest BCUT2D eigenvalue weighted by molar-refractivity contribution is 5.83. The Balaban J connectivity index is 1.54. The number of carbonyl (C=O) groups is 2. The van der Waals surface area contributed by atoms with E-state index in [0.717, 1.165) is 38.0 Å². The van der Waals surface area contributed by atoms with E-state index < -0.39 is 0 Å². The first-order valence-corrected chi connectivity index (χ1v) is 10.3. The third-order valence-electron chi connectivity index (χ3n) is 5.94. The van der Waals surface area contributed by atoms with Gasteiger partial charge >= 0.3 is 0 Å². The van der Waals surface area contributed by atoms with Crippen molar-refractivity contribution in [3.8, 4) is 0 Å². The molecule has 3 rings (SSSR count). The Kier molecular flexibility index (Phi) is 7.02. The molecule has 3 unspecified atom stereocenters. The first kappa shape index (κ1) is 20.7. The van der Waals surface area contributed by atoms with E-state index in [1.54, 1.807) is 12.1 Å². The van der Waals surface area contributed by atoms with Crippen molar-refractivity contribution in [1.29, 1.82) is 0 Å². The molecular weight excluding hydrogens is 359 g/mol. The molecule has 0 aliphatic carbocycles. The lowest BCUT2D eigenvalue weighted by atomic mass is 10.0. The smallest absolute Gasteiger partial charge is 0.237 e. The van der Waals surface area contributed by atoms with Gasteiger partial charge in [0.25, 0.3) is 0 Å². The molecule has 154 valence electrons. The van der Waals surface area contributed by atoms with Gasteiger partial charge in [0.15, 0.2) is 0 Å². The first-order valence-electron chi connectivity index (χ1n) is 10.3. The van der Waals surface area contributed by atoms with Crippen LogP contribution in [0.3, 0.4) is 0 Å². The minimum absolute atomic E-state index is 0.0809. The van der Waals surface area contributed by atoms with Crippen LogP contribution < -0.4 is 10.6 Å². The zero-order chi connectivity index (χ0) is 20.1. The topological polar surface area (TPSA) is 64.7 Å². The number of piperazine rings is 1. The fraction of sp³-hybridized carbons (Fsp3) is 0.619. The highest BCUT2D eigenvalue weighted by Crippen LogP contribution is 2.26. The number of rotatable bonds is 8. The lowest BCUT2D eigenvalue weighted by Crippen LogP contribution is -2.58. The number of hydrogen-bond acceptors (Lipinski definition) is 4. The molecule has 2 N–H and O–H groups in total. The van der Waals surface area contributed by atoms with Crippen molar-refractivity contribution in [3.63, 3.8) is 0 Å². The number of nitrogens with zero attached hydrogens (tertiary/aromatic N) is 2. The lowest BCUT2D eigenvalue weighted by Gasteiger charge is -2.37. The number of hydrogen-bond donors (Lipinski definition) is 2. The van der Waals surface area contributed by atoms with Crippen molar-refractivity contribution in [2.24, 2.45) is 0 Å². The van der Waals surface area contributed by atoms with E-state index in [0.29, 0.717) is 19.5 Å². The number of nitrogens with one attached hydrogen (secondary N) is 2. The van der Waals surface area contributed by atoms with Crippen molar-refractivity contribution in [2.45, 2.75) is 57.8 Å². The van der Waals surface area contributed by atoms with Crippen molar-refractivity contribution in [3.05, 3.63) is 35.6 Å². The molecule has 3 atom stereocenters. The maximum atomic E-state index is 13.0. The predicted molar refractivity (Wildman–Crippen MR) is 106 cm³/mol. The molecule has 0 bridgehead atoms. The summed E-state index contributed by atoms with van der Waals surface area (Å²) in [6.07, 6.45) is 2.03. The fourth-order valence-electron chi connectivity index (χ4n) is 4.28. The molecule has 1 aromatic rings. The van der Waals surface area contributed by atoms with Crippen LogP contribution in [0.25, 0.3) is 0 Å². The predicted octanol–water partition coefficient (Wildman–Crippen LogP) is 1.51. The van der Waals surface area contributed by atoms with Gasteiger partial charge in [0.05, 0.1) is 6.04 Å². The number of fused-ring (bicyclic) bond motifs is 1. The van der Waals surface area contributed by atoms with Gasteiger partial charge in [-0.3, -0.25) is 14.5 Å². The summed E-state index contributed by atoms with van der Waals surface area (Å²) in [5.74, 6) is 0.0292. The summed E-state index contributed by atoms with van der Waals surface area (Å²) in [7, 11) is 0. The third-order valence-corrected chi connectivity index (χ3v) is 5.94. The van der Waals surface area contributed by atoms with Gasteiger partial charge in [-0.15, -0.1) is 0 Å². The molecule has 0 radical (unpaired) electrons. The number of halogens is 1. The molecule has 2 fully saturated rings. The molecule has 2 aliphatic heterocycles. The van der Waals surface area contributed by atoms with Crippen LogP contribution in [0.4, 0.5) is 4.39 Å². The Bertz CT molecular complexity index is 677. The standard InChI is InChI=1S/C21H31FN4O2/c1-3-25(4-2)20(27)10-9-18-13-24-21(28)19-11-17(14-26(18)19)23-12-15-5-7-16(22)8-6-15/h5-8,17-19,23H,3-4,9-14H2,1-2H3,(H,24,28). The Morgan fingerprint density at radius 1 is 1.29 bits per heavy atom. The summed E-state index contributed by atoms with van der Waals surface area (Å²) in [6.45, 7) is 7.51. The summed E-state index contributed by atoms with van der Waals surface area (Å²) < 4.78 is 13.0. The first-order chi connectivity index (χ1) is 13.5. The molecule has 28 heavy (non-hydrogen) atoms. The largest absolute Gasteiger partial charge is 0.353 e. The van der Waals surface area contributed by atoms with Crippen molar-refractivity contribution in [2.75, 3.05) is 26.2 Å².